The lowest BCUT2D eigenvalue weighted by Crippen LogP contribution is -2.44. The highest BCUT2D eigenvalue weighted by Gasteiger charge is 2.30. The summed E-state index contributed by atoms with van der Waals surface area (Å²) in [5, 5.41) is 4.18. The molecule has 1 unspecified atom stereocenters. The number of nitrogens with one attached hydrogen (secondary N) is 1. The molecule has 6 nitrogen and oxygen atoms in total. The summed E-state index contributed by atoms with van der Waals surface area (Å²) in [6, 6.07) is 7.91. The largest absolute Gasteiger partial charge is 0.356 e. The van der Waals surface area contributed by atoms with Crippen LogP contribution < -0.4 is 5.32 Å². The molecule has 158 valence electrons. The molecule has 0 aliphatic carbocycles. The van der Waals surface area contributed by atoms with E-state index >= 15 is 0 Å². The van der Waals surface area contributed by atoms with Crippen LogP contribution in [0.25, 0.3) is 0 Å². The fourth-order valence-corrected chi connectivity index (χ4v) is 3.69. The molecule has 1 aliphatic rings. The maximum Gasteiger partial charge on any atom is 0.239 e. The second-order valence-electron chi connectivity index (χ2n) is 7.20. The molecule has 0 radical (unpaired) electrons. The third-order valence-electron chi connectivity index (χ3n) is 4.93. The van der Waals surface area contributed by atoms with E-state index in [2.05, 4.69) is 20.1 Å². The van der Waals surface area contributed by atoms with Gasteiger partial charge in [-0.2, -0.15) is 0 Å². The Labute approximate surface area is 191 Å². The van der Waals surface area contributed by atoms with E-state index in [1.54, 1.807) is 11.9 Å². The van der Waals surface area contributed by atoms with Crippen molar-refractivity contribution in [2.24, 2.45) is 4.99 Å². The van der Waals surface area contributed by atoms with Crippen molar-refractivity contribution in [3.8, 4) is 0 Å². The number of hydrogen-bond donors (Lipinski definition) is 1. The van der Waals surface area contributed by atoms with Crippen molar-refractivity contribution in [1.29, 1.82) is 0 Å². The normalized spacial score (nSPS) is 17.2. The number of rotatable bonds is 7. The first-order valence-electron chi connectivity index (χ1n) is 9.54. The Balaban J connectivity index is 0.00000392. The van der Waals surface area contributed by atoms with Crippen molar-refractivity contribution < 1.29 is 4.79 Å². The summed E-state index contributed by atoms with van der Waals surface area (Å²) in [4.78, 5) is 22.7. The number of hydrogen-bond acceptors (Lipinski definition) is 3. The molecule has 2 rings (SSSR count). The van der Waals surface area contributed by atoms with Crippen molar-refractivity contribution in [3.05, 3.63) is 34.9 Å². The first-order chi connectivity index (χ1) is 12.9. The zero-order valence-electron chi connectivity index (χ0n) is 17.3. The molecule has 1 heterocycles. The summed E-state index contributed by atoms with van der Waals surface area (Å²) >= 11 is 6.25. The third-order valence-corrected chi connectivity index (χ3v) is 5.30. The van der Waals surface area contributed by atoms with Gasteiger partial charge in [-0.3, -0.25) is 14.7 Å². The molecule has 1 amide bonds. The number of aliphatic imine (C=N–C) groups is 1. The Kier molecular flexibility index (Phi) is 11.1. The highest BCUT2D eigenvalue weighted by molar-refractivity contribution is 14.0. The minimum absolute atomic E-state index is 0. The minimum atomic E-state index is 0. The molecule has 1 fully saturated rings. The van der Waals surface area contributed by atoms with E-state index in [1.165, 1.54) is 0 Å². The number of carbonyl (C=O) groups excluding carboxylic acids is 1. The maximum absolute atomic E-state index is 12.3. The fraction of sp³-hybridized carbons (Fsp3) is 0.600. The number of benzene rings is 1. The van der Waals surface area contributed by atoms with Crippen molar-refractivity contribution in [3.63, 3.8) is 0 Å². The van der Waals surface area contributed by atoms with Crippen LogP contribution in [0.4, 0.5) is 0 Å². The van der Waals surface area contributed by atoms with Crippen LogP contribution >= 0.6 is 35.6 Å². The number of likely N-dealkylation sites (tertiary alicyclic amines) is 1. The summed E-state index contributed by atoms with van der Waals surface area (Å²) in [5.41, 5.74) is 1.08. The van der Waals surface area contributed by atoms with Crippen LogP contribution in [0.5, 0.6) is 0 Å². The van der Waals surface area contributed by atoms with E-state index in [9.17, 15) is 4.79 Å². The van der Waals surface area contributed by atoms with Gasteiger partial charge < -0.3 is 15.1 Å². The summed E-state index contributed by atoms with van der Waals surface area (Å²) in [5.74, 6) is 1.06. The average Bonchev–Trinajstić information content (AvgIpc) is 3.11. The number of likely N-dealkylation sites (N-methyl/N-ethyl adjacent to an activating group) is 1. The number of halogens is 2. The summed E-state index contributed by atoms with van der Waals surface area (Å²) in [6.07, 6.45) is 3.03. The quantitative estimate of drug-likeness (QED) is 0.259. The highest BCUT2D eigenvalue weighted by atomic mass is 127. The molecular weight excluding hydrogens is 489 g/mol. The first-order valence-corrected chi connectivity index (χ1v) is 9.92. The van der Waals surface area contributed by atoms with E-state index < -0.39 is 0 Å². The first kappa shape index (κ1) is 25.0. The molecule has 1 atom stereocenters. The van der Waals surface area contributed by atoms with Crippen LogP contribution in [0.3, 0.4) is 0 Å². The van der Waals surface area contributed by atoms with Gasteiger partial charge in [0.25, 0.3) is 0 Å². The second kappa shape index (κ2) is 12.5. The lowest BCUT2D eigenvalue weighted by molar-refractivity contribution is -0.133. The van der Waals surface area contributed by atoms with Crippen molar-refractivity contribution in [1.82, 2.24) is 20.0 Å². The van der Waals surface area contributed by atoms with Gasteiger partial charge in [0.2, 0.25) is 5.91 Å². The molecule has 0 spiro atoms. The van der Waals surface area contributed by atoms with E-state index in [1.807, 2.05) is 45.4 Å². The molecule has 1 N–H and O–H groups in total. The SMILES string of the molecule is CN=C(NCCCN1CCCC1C(=O)N(C)C)N(C)Cc1ccccc1Cl.I. The summed E-state index contributed by atoms with van der Waals surface area (Å²) < 4.78 is 0. The number of guanidine groups is 1. The zero-order valence-corrected chi connectivity index (χ0v) is 20.4. The Morgan fingerprint density at radius 2 is 2.04 bits per heavy atom. The van der Waals surface area contributed by atoms with Crippen molar-refractivity contribution in [2.75, 3.05) is 47.8 Å². The Hall–Kier alpha value is -1.06. The second-order valence-corrected chi connectivity index (χ2v) is 7.61. The van der Waals surface area contributed by atoms with Crippen LogP contribution in [0.15, 0.2) is 29.3 Å². The molecule has 0 bridgehead atoms. The smallest absolute Gasteiger partial charge is 0.239 e. The predicted octanol–water partition coefficient (Wildman–Crippen LogP) is 2.91. The van der Waals surface area contributed by atoms with Crippen molar-refractivity contribution in [2.45, 2.75) is 31.8 Å². The topological polar surface area (TPSA) is 51.2 Å². The number of amides is 1. The highest BCUT2D eigenvalue weighted by Crippen LogP contribution is 2.19. The van der Waals surface area contributed by atoms with Crippen molar-refractivity contribution >= 4 is 47.4 Å². The van der Waals surface area contributed by atoms with Gasteiger partial charge in [0.05, 0.1) is 6.04 Å². The molecular formula is C20H33ClIN5O. The Morgan fingerprint density at radius 1 is 1.32 bits per heavy atom. The molecule has 0 saturated carbocycles. The molecule has 28 heavy (non-hydrogen) atoms. The molecule has 8 heteroatoms. The predicted molar refractivity (Wildman–Crippen MR) is 128 cm³/mol. The lowest BCUT2D eigenvalue weighted by Gasteiger charge is -2.26. The van der Waals surface area contributed by atoms with E-state index in [4.69, 9.17) is 11.6 Å². The fourth-order valence-electron chi connectivity index (χ4n) is 3.50. The van der Waals surface area contributed by atoms with E-state index in [-0.39, 0.29) is 35.9 Å². The minimum Gasteiger partial charge on any atom is -0.356 e. The standard InChI is InChI=1S/C20H32ClN5O.HI/c1-22-20(25(4)15-16-9-5-6-10-17(16)21)23-12-8-14-26-13-7-11-18(26)19(27)24(2)3;/h5-6,9-10,18H,7-8,11-15H2,1-4H3,(H,22,23);1H. The Morgan fingerprint density at radius 3 is 2.68 bits per heavy atom. The van der Waals surface area contributed by atoms with Gasteiger partial charge in [-0.1, -0.05) is 29.8 Å². The number of carbonyl (C=O) groups is 1. The molecule has 0 aromatic heterocycles. The molecule has 1 aromatic rings. The van der Waals surface area contributed by atoms with Gasteiger partial charge in [0.15, 0.2) is 5.96 Å². The van der Waals surface area contributed by atoms with Crippen LogP contribution in [-0.2, 0) is 11.3 Å². The summed E-state index contributed by atoms with van der Waals surface area (Å²) in [7, 11) is 7.46. The van der Waals surface area contributed by atoms with Crippen LogP contribution in [0.1, 0.15) is 24.8 Å². The monoisotopic (exact) mass is 521 g/mol. The lowest BCUT2D eigenvalue weighted by atomic mass is 10.2. The van der Waals surface area contributed by atoms with E-state index in [0.717, 1.165) is 55.4 Å². The van der Waals surface area contributed by atoms with Gasteiger partial charge >= 0.3 is 0 Å². The zero-order chi connectivity index (χ0) is 19.8. The molecule has 1 aromatic carbocycles. The molecule has 1 aliphatic heterocycles. The third kappa shape index (κ3) is 7.08. The number of nitrogens with zero attached hydrogens (tertiary/aromatic N) is 4. The van der Waals surface area contributed by atoms with Crippen LogP contribution in [0, 0.1) is 0 Å². The van der Waals surface area contributed by atoms with Gasteiger partial charge in [-0.25, -0.2) is 0 Å². The maximum atomic E-state index is 12.3. The summed E-state index contributed by atoms with van der Waals surface area (Å²) in [6.45, 7) is 3.44. The van der Waals surface area contributed by atoms with Gasteiger partial charge in [-0.15, -0.1) is 24.0 Å². The molecule has 1 saturated heterocycles. The van der Waals surface area contributed by atoms with E-state index in [0.29, 0.717) is 6.54 Å². The van der Waals surface area contributed by atoms with Gasteiger partial charge in [-0.05, 0) is 37.4 Å². The Bertz CT molecular complexity index is 655. The van der Waals surface area contributed by atoms with Gasteiger partial charge in [0.1, 0.15) is 0 Å². The average molecular weight is 522 g/mol. The van der Waals surface area contributed by atoms with Crippen LogP contribution in [-0.4, -0.2) is 80.4 Å². The van der Waals surface area contributed by atoms with Crippen LogP contribution in [0.2, 0.25) is 5.02 Å². The van der Waals surface area contributed by atoms with Gasteiger partial charge in [0, 0.05) is 52.8 Å².